The lowest BCUT2D eigenvalue weighted by Gasteiger charge is -2.26. The van der Waals surface area contributed by atoms with E-state index in [2.05, 4.69) is 18.7 Å². The van der Waals surface area contributed by atoms with Crippen LogP contribution in [0.5, 0.6) is 5.75 Å². The van der Waals surface area contributed by atoms with Crippen molar-refractivity contribution in [3.8, 4) is 5.75 Å². The van der Waals surface area contributed by atoms with Crippen LogP contribution in [0.2, 0.25) is 0 Å². The lowest BCUT2D eigenvalue weighted by molar-refractivity contribution is 0.0730. The van der Waals surface area contributed by atoms with Gasteiger partial charge in [0.1, 0.15) is 5.75 Å². The highest BCUT2D eigenvalue weighted by Crippen LogP contribution is 2.32. The average molecular weight is 583 g/mol. The Balaban J connectivity index is 0.00000400. The summed E-state index contributed by atoms with van der Waals surface area (Å²) in [6, 6.07) is 11.9. The molecule has 0 spiro atoms. The fourth-order valence-corrected chi connectivity index (χ4v) is 6.62. The number of amides is 1. The van der Waals surface area contributed by atoms with E-state index >= 15 is 0 Å². The standard InChI is InChI=1S/C26H34N4O5S2.ClH/c1-4-28(5-2)13-14-30(26-27-23-12-9-21(35-6-3)19-24(23)36-26)25(31)20-7-10-22(11-8-20)37(32,33)29-15-17-34-18-16-29;/h7-12,19H,4-6,13-18H2,1-3H3;1H. The first-order valence-corrected chi connectivity index (χ1v) is 14.9. The van der Waals surface area contributed by atoms with Crippen LogP contribution in [0.25, 0.3) is 10.2 Å². The molecule has 0 radical (unpaired) electrons. The van der Waals surface area contributed by atoms with Gasteiger partial charge in [-0.2, -0.15) is 4.31 Å². The third-order valence-electron chi connectivity index (χ3n) is 6.38. The third-order valence-corrected chi connectivity index (χ3v) is 9.33. The van der Waals surface area contributed by atoms with E-state index in [1.807, 2.05) is 25.1 Å². The summed E-state index contributed by atoms with van der Waals surface area (Å²) in [5.74, 6) is 0.551. The third kappa shape index (κ3) is 6.83. The van der Waals surface area contributed by atoms with Crippen LogP contribution in [-0.4, -0.2) is 87.6 Å². The molecule has 2 aromatic carbocycles. The Hall–Kier alpha value is -2.28. The topological polar surface area (TPSA) is 92.3 Å². The van der Waals surface area contributed by atoms with Crippen molar-refractivity contribution in [2.24, 2.45) is 0 Å². The molecular weight excluding hydrogens is 548 g/mol. The fraction of sp³-hybridized carbons (Fsp3) is 0.462. The number of rotatable bonds is 11. The van der Waals surface area contributed by atoms with Crippen molar-refractivity contribution in [1.29, 1.82) is 0 Å². The van der Waals surface area contributed by atoms with Gasteiger partial charge in [-0.25, -0.2) is 13.4 Å². The first kappa shape index (κ1) is 30.3. The maximum atomic E-state index is 13.7. The van der Waals surface area contributed by atoms with E-state index in [-0.39, 0.29) is 23.2 Å². The van der Waals surface area contributed by atoms with Crippen molar-refractivity contribution in [1.82, 2.24) is 14.2 Å². The van der Waals surface area contributed by atoms with Crippen LogP contribution in [0.15, 0.2) is 47.4 Å². The Morgan fingerprint density at radius 3 is 2.37 bits per heavy atom. The maximum absolute atomic E-state index is 13.7. The highest BCUT2D eigenvalue weighted by atomic mass is 35.5. The quantitative estimate of drug-likeness (QED) is 0.336. The molecular formula is C26H35ClN4O5S2. The smallest absolute Gasteiger partial charge is 0.260 e. The number of fused-ring (bicyclic) bond motifs is 1. The van der Waals surface area contributed by atoms with E-state index in [0.717, 1.165) is 29.1 Å². The number of hydrogen-bond acceptors (Lipinski definition) is 8. The highest BCUT2D eigenvalue weighted by molar-refractivity contribution is 7.89. The van der Waals surface area contributed by atoms with Gasteiger partial charge in [-0.1, -0.05) is 25.2 Å². The summed E-state index contributed by atoms with van der Waals surface area (Å²) in [6.07, 6.45) is 0. The molecule has 1 aliphatic rings. The second-order valence-electron chi connectivity index (χ2n) is 8.58. The van der Waals surface area contributed by atoms with Gasteiger partial charge in [0.2, 0.25) is 10.0 Å². The van der Waals surface area contributed by atoms with Gasteiger partial charge >= 0.3 is 0 Å². The minimum absolute atomic E-state index is 0. The summed E-state index contributed by atoms with van der Waals surface area (Å²) < 4.78 is 39.2. The van der Waals surface area contributed by atoms with Gasteiger partial charge in [0, 0.05) is 31.7 Å². The summed E-state index contributed by atoms with van der Waals surface area (Å²) in [4.78, 5) is 22.6. The van der Waals surface area contributed by atoms with Gasteiger partial charge in [-0.15, -0.1) is 12.4 Å². The SMILES string of the molecule is CCOc1ccc2nc(N(CCN(CC)CC)C(=O)c3ccc(S(=O)(=O)N4CCOCC4)cc3)sc2c1.Cl. The Morgan fingerprint density at radius 2 is 1.74 bits per heavy atom. The predicted molar refractivity (Wildman–Crippen MR) is 154 cm³/mol. The molecule has 1 aliphatic heterocycles. The van der Waals surface area contributed by atoms with Crippen molar-refractivity contribution in [3.05, 3.63) is 48.0 Å². The second-order valence-corrected chi connectivity index (χ2v) is 11.5. The zero-order chi connectivity index (χ0) is 26.4. The van der Waals surface area contributed by atoms with Crippen molar-refractivity contribution in [2.45, 2.75) is 25.7 Å². The van der Waals surface area contributed by atoms with E-state index in [1.165, 1.54) is 27.8 Å². The molecule has 1 fully saturated rings. The van der Waals surface area contributed by atoms with Gasteiger partial charge in [0.05, 0.1) is 34.9 Å². The molecule has 208 valence electrons. The summed E-state index contributed by atoms with van der Waals surface area (Å²) in [7, 11) is -3.63. The van der Waals surface area contributed by atoms with Gasteiger partial charge in [-0.3, -0.25) is 9.69 Å². The monoisotopic (exact) mass is 582 g/mol. The molecule has 0 atom stereocenters. The van der Waals surface area contributed by atoms with E-state index in [0.29, 0.717) is 56.7 Å². The van der Waals surface area contributed by atoms with Crippen molar-refractivity contribution in [2.75, 3.05) is 64.0 Å². The van der Waals surface area contributed by atoms with Crippen LogP contribution in [0.4, 0.5) is 5.13 Å². The molecule has 0 unspecified atom stereocenters. The Bertz CT molecular complexity index is 1310. The number of anilines is 1. The minimum atomic E-state index is -3.63. The van der Waals surface area contributed by atoms with Gasteiger partial charge in [-0.05, 0) is 62.5 Å². The fourth-order valence-electron chi connectivity index (χ4n) is 4.19. The van der Waals surface area contributed by atoms with Crippen LogP contribution in [0.1, 0.15) is 31.1 Å². The first-order chi connectivity index (χ1) is 17.9. The number of ether oxygens (including phenoxy) is 2. The number of hydrogen-bond donors (Lipinski definition) is 0. The Labute approximate surface area is 234 Å². The van der Waals surface area contributed by atoms with Gasteiger partial charge in [0.15, 0.2) is 5.13 Å². The van der Waals surface area contributed by atoms with Crippen molar-refractivity contribution < 1.29 is 22.7 Å². The van der Waals surface area contributed by atoms with E-state index in [1.54, 1.807) is 17.0 Å². The van der Waals surface area contributed by atoms with Crippen LogP contribution in [0.3, 0.4) is 0 Å². The molecule has 2 heterocycles. The Kier molecular flexibility index (Phi) is 10.9. The largest absolute Gasteiger partial charge is 0.494 e. The predicted octanol–water partition coefficient (Wildman–Crippen LogP) is 4.13. The van der Waals surface area contributed by atoms with Crippen molar-refractivity contribution in [3.63, 3.8) is 0 Å². The molecule has 3 aromatic rings. The first-order valence-electron chi connectivity index (χ1n) is 12.6. The second kappa shape index (κ2) is 13.7. The lowest BCUT2D eigenvalue weighted by Crippen LogP contribution is -2.40. The number of morpholine rings is 1. The molecule has 0 aliphatic carbocycles. The molecule has 0 N–H and O–H groups in total. The lowest BCUT2D eigenvalue weighted by atomic mass is 10.2. The number of sulfonamides is 1. The van der Waals surface area contributed by atoms with E-state index < -0.39 is 10.0 Å². The molecule has 1 saturated heterocycles. The van der Waals surface area contributed by atoms with Gasteiger partial charge < -0.3 is 14.4 Å². The molecule has 12 heteroatoms. The number of carbonyl (C=O) groups is 1. The highest BCUT2D eigenvalue weighted by Gasteiger charge is 2.27. The molecule has 38 heavy (non-hydrogen) atoms. The van der Waals surface area contributed by atoms with Crippen molar-refractivity contribution >= 4 is 55.0 Å². The molecule has 4 rings (SSSR count). The Morgan fingerprint density at radius 1 is 1.05 bits per heavy atom. The van der Waals surface area contributed by atoms with Crippen LogP contribution < -0.4 is 9.64 Å². The zero-order valence-corrected chi connectivity index (χ0v) is 24.4. The molecule has 0 saturated carbocycles. The van der Waals surface area contributed by atoms with Gasteiger partial charge in [0.25, 0.3) is 5.91 Å². The maximum Gasteiger partial charge on any atom is 0.260 e. The summed E-state index contributed by atoms with van der Waals surface area (Å²) in [5, 5.41) is 0.603. The number of aromatic nitrogens is 1. The molecule has 0 bridgehead atoms. The number of nitrogens with zero attached hydrogens (tertiary/aromatic N) is 4. The molecule has 1 aromatic heterocycles. The van der Waals surface area contributed by atoms with E-state index in [4.69, 9.17) is 14.5 Å². The average Bonchev–Trinajstić information content (AvgIpc) is 3.34. The summed E-state index contributed by atoms with van der Waals surface area (Å²) >= 11 is 1.44. The normalized spacial score (nSPS) is 14.4. The summed E-state index contributed by atoms with van der Waals surface area (Å²) in [5.41, 5.74) is 1.21. The summed E-state index contributed by atoms with van der Waals surface area (Å²) in [6.45, 7) is 11.0. The van der Waals surface area contributed by atoms with Crippen LogP contribution in [-0.2, 0) is 14.8 Å². The molecule has 9 nitrogen and oxygen atoms in total. The van der Waals surface area contributed by atoms with E-state index in [9.17, 15) is 13.2 Å². The number of thiazole rings is 1. The number of likely N-dealkylation sites (N-methyl/N-ethyl adjacent to an activating group) is 1. The number of carbonyl (C=O) groups excluding carboxylic acids is 1. The minimum Gasteiger partial charge on any atom is -0.494 e. The number of halogens is 1. The van der Waals surface area contributed by atoms with Crippen LogP contribution >= 0.6 is 23.7 Å². The number of benzene rings is 2. The zero-order valence-electron chi connectivity index (χ0n) is 22.0. The van der Waals surface area contributed by atoms with Crippen LogP contribution in [0, 0.1) is 0 Å². The molecule has 1 amide bonds.